The van der Waals surface area contributed by atoms with Gasteiger partial charge in [0.05, 0.1) is 6.10 Å². The molecule has 8 nitrogen and oxygen atoms in total. The molecular formula is C18H28N4O4. The standard InChI is InChI=1S/C18H28N4O4/c23-16(19-11-15-2-1-9-26-15)4-3-13-5-7-22(8-6-13)12-14-10-17(24)21-18(25)20-14/h10,13,15H,1-9,11-12H2,(H,19,23)(H2,20,21,24,25)/t15-/m1/s1. The number of hydrogen-bond donors (Lipinski definition) is 3. The molecule has 2 aliphatic heterocycles. The minimum absolute atomic E-state index is 0.115. The molecule has 3 rings (SSSR count). The van der Waals surface area contributed by atoms with Crippen LogP contribution < -0.4 is 16.6 Å². The zero-order valence-corrected chi connectivity index (χ0v) is 15.1. The van der Waals surface area contributed by atoms with E-state index < -0.39 is 5.69 Å². The summed E-state index contributed by atoms with van der Waals surface area (Å²) in [6.07, 6.45) is 5.87. The van der Waals surface area contributed by atoms with Crippen LogP contribution in [0.25, 0.3) is 0 Å². The summed E-state index contributed by atoms with van der Waals surface area (Å²) >= 11 is 0. The molecule has 0 radical (unpaired) electrons. The van der Waals surface area contributed by atoms with Crippen molar-refractivity contribution in [3.63, 3.8) is 0 Å². The van der Waals surface area contributed by atoms with E-state index in [4.69, 9.17) is 4.74 Å². The number of nitrogens with zero attached hydrogens (tertiary/aromatic N) is 1. The number of amides is 1. The molecule has 2 fully saturated rings. The summed E-state index contributed by atoms with van der Waals surface area (Å²) in [5, 5.41) is 2.98. The summed E-state index contributed by atoms with van der Waals surface area (Å²) < 4.78 is 5.51. The second kappa shape index (κ2) is 9.14. The molecule has 3 heterocycles. The van der Waals surface area contributed by atoms with Crippen LogP contribution in [0, 0.1) is 5.92 Å². The van der Waals surface area contributed by atoms with Crippen molar-refractivity contribution in [3.05, 3.63) is 32.6 Å². The van der Waals surface area contributed by atoms with E-state index >= 15 is 0 Å². The number of ether oxygens (including phenoxy) is 1. The molecule has 0 spiro atoms. The van der Waals surface area contributed by atoms with Gasteiger partial charge in [-0.3, -0.25) is 19.5 Å². The van der Waals surface area contributed by atoms with Crippen LogP contribution >= 0.6 is 0 Å². The van der Waals surface area contributed by atoms with Gasteiger partial charge in [0.2, 0.25) is 5.91 Å². The average molecular weight is 364 g/mol. The Balaban J connectivity index is 1.33. The first-order valence-corrected chi connectivity index (χ1v) is 9.51. The van der Waals surface area contributed by atoms with E-state index in [1.165, 1.54) is 6.07 Å². The summed E-state index contributed by atoms with van der Waals surface area (Å²) in [4.78, 5) is 41.7. The van der Waals surface area contributed by atoms with Crippen molar-refractivity contribution in [2.45, 2.75) is 51.2 Å². The predicted octanol–water partition coefficient (Wildman–Crippen LogP) is 0.351. The number of likely N-dealkylation sites (tertiary alicyclic amines) is 1. The van der Waals surface area contributed by atoms with Crippen molar-refractivity contribution in [3.8, 4) is 0 Å². The van der Waals surface area contributed by atoms with Crippen molar-refractivity contribution in [1.29, 1.82) is 0 Å². The Kier molecular flexibility index (Phi) is 6.62. The normalized spacial score (nSPS) is 21.8. The fourth-order valence-electron chi connectivity index (χ4n) is 3.74. The molecule has 1 aromatic heterocycles. The van der Waals surface area contributed by atoms with Gasteiger partial charge in [0, 0.05) is 37.9 Å². The van der Waals surface area contributed by atoms with E-state index in [0.29, 0.717) is 31.1 Å². The number of aromatic amines is 2. The lowest BCUT2D eigenvalue weighted by Crippen LogP contribution is -2.36. The molecule has 1 atom stereocenters. The predicted molar refractivity (Wildman–Crippen MR) is 96.9 cm³/mol. The monoisotopic (exact) mass is 364 g/mol. The highest BCUT2D eigenvalue weighted by Gasteiger charge is 2.21. The number of nitrogens with one attached hydrogen (secondary N) is 3. The number of piperidine rings is 1. The summed E-state index contributed by atoms with van der Waals surface area (Å²) in [5.41, 5.74) is -0.185. The highest BCUT2D eigenvalue weighted by Crippen LogP contribution is 2.22. The van der Waals surface area contributed by atoms with Gasteiger partial charge in [-0.1, -0.05) is 0 Å². The number of aromatic nitrogens is 2. The topological polar surface area (TPSA) is 107 Å². The second-order valence-electron chi connectivity index (χ2n) is 7.31. The highest BCUT2D eigenvalue weighted by atomic mass is 16.5. The van der Waals surface area contributed by atoms with Crippen molar-refractivity contribution in [2.24, 2.45) is 5.92 Å². The zero-order chi connectivity index (χ0) is 18.4. The lowest BCUT2D eigenvalue weighted by molar-refractivity contribution is -0.122. The van der Waals surface area contributed by atoms with Gasteiger partial charge in [-0.05, 0) is 51.1 Å². The molecule has 2 aliphatic rings. The first-order valence-electron chi connectivity index (χ1n) is 9.51. The van der Waals surface area contributed by atoms with E-state index in [9.17, 15) is 14.4 Å². The van der Waals surface area contributed by atoms with Crippen LogP contribution in [-0.4, -0.2) is 53.1 Å². The Labute approximate surface area is 152 Å². The number of rotatable bonds is 7. The number of carbonyl (C=O) groups is 1. The largest absolute Gasteiger partial charge is 0.376 e. The number of H-pyrrole nitrogens is 2. The van der Waals surface area contributed by atoms with E-state index in [1.807, 2.05) is 0 Å². The fourth-order valence-corrected chi connectivity index (χ4v) is 3.74. The molecule has 0 bridgehead atoms. The molecule has 3 N–H and O–H groups in total. The van der Waals surface area contributed by atoms with E-state index in [0.717, 1.165) is 51.8 Å². The van der Waals surface area contributed by atoms with Gasteiger partial charge in [-0.25, -0.2) is 4.79 Å². The summed E-state index contributed by atoms with van der Waals surface area (Å²) in [6, 6.07) is 1.44. The van der Waals surface area contributed by atoms with Gasteiger partial charge in [-0.15, -0.1) is 0 Å². The third kappa shape index (κ3) is 5.81. The van der Waals surface area contributed by atoms with Crippen molar-refractivity contribution < 1.29 is 9.53 Å². The Morgan fingerprint density at radius 3 is 2.73 bits per heavy atom. The van der Waals surface area contributed by atoms with E-state index in [2.05, 4.69) is 20.2 Å². The lowest BCUT2D eigenvalue weighted by Gasteiger charge is -2.31. The minimum Gasteiger partial charge on any atom is -0.376 e. The summed E-state index contributed by atoms with van der Waals surface area (Å²) in [6.45, 7) is 3.85. The molecule has 26 heavy (non-hydrogen) atoms. The average Bonchev–Trinajstić information content (AvgIpc) is 3.12. The van der Waals surface area contributed by atoms with Gasteiger partial charge in [0.1, 0.15) is 0 Å². The number of carbonyl (C=O) groups excluding carboxylic acids is 1. The second-order valence-corrected chi connectivity index (χ2v) is 7.31. The Morgan fingerprint density at radius 2 is 2.04 bits per heavy atom. The zero-order valence-electron chi connectivity index (χ0n) is 15.1. The molecule has 144 valence electrons. The van der Waals surface area contributed by atoms with Crippen LogP contribution in [-0.2, 0) is 16.1 Å². The molecule has 0 unspecified atom stereocenters. The Morgan fingerprint density at radius 1 is 1.23 bits per heavy atom. The maximum Gasteiger partial charge on any atom is 0.325 e. The molecule has 8 heteroatoms. The molecular weight excluding hydrogens is 336 g/mol. The minimum atomic E-state index is -0.462. The third-order valence-electron chi connectivity index (χ3n) is 5.25. The smallest absolute Gasteiger partial charge is 0.325 e. The Bertz CT molecular complexity index is 671. The van der Waals surface area contributed by atoms with Crippen molar-refractivity contribution >= 4 is 5.91 Å². The van der Waals surface area contributed by atoms with Crippen LogP contribution in [0.4, 0.5) is 0 Å². The van der Waals surface area contributed by atoms with Crippen LogP contribution in [0.1, 0.15) is 44.2 Å². The molecule has 1 aromatic rings. The van der Waals surface area contributed by atoms with Crippen LogP contribution in [0.2, 0.25) is 0 Å². The van der Waals surface area contributed by atoms with Crippen LogP contribution in [0.15, 0.2) is 15.7 Å². The van der Waals surface area contributed by atoms with Gasteiger partial charge in [0.25, 0.3) is 5.56 Å². The van der Waals surface area contributed by atoms with Crippen molar-refractivity contribution in [1.82, 2.24) is 20.2 Å². The Hall–Kier alpha value is -1.93. The van der Waals surface area contributed by atoms with Gasteiger partial charge < -0.3 is 15.0 Å². The van der Waals surface area contributed by atoms with Gasteiger partial charge >= 0.3 is 5.69 Å². The van der Waals surface area contributed by atoms with Crippen molar-refractivity contribution in [2.75, 3.05) is 26.2 Å². The SMILES string of the molecule is O=C(CCC1CCN(Cc2cc(=O)[nH]c(=O)[nH]2)CC1)NC[C@H]1CCCO1. The first-order chi connectivity index (χ1) is 12.6. The molecule has 0 aromatic carbocycles. The highest BCUT2D eigenvalue weighted by molar-refractivity contribution is 5.75. The molecule has 0 aliphatic carbocycles. The van der Waals surface area contributed by atoms with Crippen LogP contribution in [0.3, 0.4) is 0 Å². The fraction of sp³-hybridized carbons (Fsp3) is 0.722. The van der Waals surface area contributed by atoms with Crippen LogP contribution in [0.5, 0.6) is 0 Å². The van der Waals surface area contributed by atoms with E-state index in [-0.39, 0.29) is 17.6 Å². The summed E-state index contributed by atoms with van der Waals surface area (Å²) in [7, 11) is 0. The maximum atomic E-state index is 12.0. The molecule has 1 amide bonds. The van der Waals surface area contributed by atoms with Gasteiger partial charge in [0.15, 0.2) is 0 Å². The summed E-state index contributed by atoms with van der Waals surface area (Å²) in [5.74, 6) is 0.668. The third-order valence-corrected chi connectivity index (χ3v) is 5.25. The number of hydrogen-bond acceptors (Lipinski definition) is 5. The molecule has 2 saturated heterocycles. The molecule has 0 saturated carbocycles. The van der Waals surface area contributed by atoms with E-state index in [1.54, 1.807) is 0 Å². The lowest BCUT2D eigenvalue weighted by atomic mass is 9.92. The van der Waals surface area contributed by atoms with Gasteiger partial charge in [-0.2, -0.15) is 0 Å². The first kappa shape index (κ1) is 18.8. The quantitative estimate of drug-likeness (QED) is 0.647. The maximum absolute atomic E-state index is 12.0.